The molecule has 0 atom stereocenters. The molecule has 0 amide bonds. The standard InChI is InChI=1S/C58H39NO/c1-2-16-41(17-3-1)48-19-6-8-21-51(48)53-23-10-11-24-54(53)52-22-9-7-20-49(52)42-30-34-45(35-31-42)59(47-38-29-40-15-4-5-18-44(40)39-47)46-36-32-43(33-37-46)50-26-14-27-56-55-25-12-13-28-57(55)60-58(50)56/h1-39H. The summed E-state index contributed by atoms with van der Waals surface area (Å²) in [6.07, 6.45) is 0. The quantitative estimate of drug-likeness (QED) is 0.153. The largest absolute Gasteiger partial charge is 0.455 e. The average Bonchev–Trinajstić information content (AvgIpc) is 3.72. The monoisotopic (exact) mass is 765 g/mol. The van der Waals surface area contributed by atoms with Crippen LogP contribution in [0.3, 0.4) is 0 Å². The van der Waals surface area contributed by atoms with Crippen LogP contribution in [-0.2, 0) is 0 Å². The van der Waals surface area contributed by atoms with Crippen molar-refractivity contribution in [2.45, 2.75) is 0 Å². The fourth-order valence-electron chi connectivity index (χ4n) is 8.83. The summed E-state index contributed by atoms with van der Waals surface area (Å²) in [6.45, 7) is 0. The molecule has 1 heterocycles. The van der Waals surface area contributed by atoms with Crippen LogP contribution in [-0.4, -0.2) is 0 Å². The normalized spacial score (nSPS) is 11.3. The van der Waals surface area contributed by atoms with E-state index < -0.39 is 0 Å². The van der Waals surface area contributed by atoms with Crippen molar-refractivity contribution >= 4 is 49.8 Å². The molecule has 0 fully saturated rings. The van der Waals surface area contributed by atoms with Crippen LogP contribution in [0, 0.1) is 0 Å². The molecular formula is C58H39NO. The van der Waals surface area contributed by atoms with Crippen molar-refractivity contribution in [2.24, 2.45) is 0 Å². The lowest BCUT2D eigenvalue weighted by molar-refractivity contribution is 0.670. The van der Waals surface area contributed by atoms with Gasteiger partial charge in [0, 0.05) is 33.4 Å². The first-order chi connectivity index (χ1) is 29.8. The molecular weight excluding hydrogens is 727 g/mol. The topological polar surface area (TPSA) is 16.4 Å². The highest BCUT2D eigenvalue weighted by Crippen LogP contribution is 2.43. The maximum absolute atomic E-state index is 6.42. The van der Waals surface area contributed by atoms with E-state index in [4.69, 9.17) is 4.42 Å². The Morgan fingerprint density at radius 2 is 0.700 bits per heavy atom. The third-order valence-electron chi connectivity index (χ3n) is 11.7. The number of nitrogens with zero attached hydrogens (tertiary/aromatic N) is 1. The van der Waals surface area contributed by atoms with E-state index in [1.165, 1.54) is 49.7 Å². The van der Waals surface area contributed by atoms with Gasteiger partial charge < -0.3 is 9.32 Å². The van der Waals surface area contributed by atoms with E-state index in [1.807, 2.05) is 12.1 Å². The molecule has 0 saturated heterocycles. The molecule has 0 aliphatic heterocycles. The molecule has 10 aromatic carbocycles. The molecule has 2 nitrogen and oxygen atoms in total. The Morgan fingerprint density at radius 1 is 0.267 bits per heavy atom. The van der Waals surface area contributed by atoms with Gasteiger partial charge in [-0.25, -0.2) is 0 Å². The molecule has 0 N–H and O–H groups in total. The van der Waals surface area contributed by atoms with E-state index in [0.717, 1.165) is 55.7 Å². The van der Waals surface area contributed by atoms with Crippen LogP contribution < -0.4 is 4.90 Å². The van der Waals surface area contributed by atoms with Gasteiger partial charge in [0.05, 0.1) is 0 Å². The van der Waals surface area contributed by atoms with E-state index in [0.29, 0.717) is 0 Å². The number of hydrogen-bond acceptors (Lipinski definition) is 2. The minimum atomic E-state index is 0.905. The zero-order valence-electron chi connectivity index (χ0n) is 32.9. The highest BCUT2D eigenvalue weighted by molar-refractivity contribution is 6.09. The predicted molar refractivity (Wildman–Crippen MR) is 253 cm³/mol. The Bertz CT molecular complexity index is 3310. The summed E-state index contributed by atoms with van der Waals surface area (Å²) in [5.41, 5.74) is 16.9. The molecule has 282 valence electrons. The van der Waals surface area contributed by atoms with E-state index >= 15 is 0 Å². The van der Waals surface area contributed by atoms with Gasteiger partial charge in [0.1, 0.15) is 11.2 Å². The lowest BCUT2D eigenvalue weighted by atomic mass is 9.87. The molecule has 11 rings (SSSR count). The molecule has 60 heavy (non-hydrogen) atoms. The van der Waals surface area contributed by atoms with Gasteiger partial charge in [-0.05, 0) is 103 Å². The second-order valence-corrected chi connectivity index (χ2v) is 15.2. The number of para-hydroxylation sites is 2. The Morgan fingerprint density at radius 3 is 1.33 bits per heavy atom. The molecule has 1 aromatic heterocycles. The molecule has 0 saturated carbocycles. The Hall–Kier alpha value is -7.94. The zero-order chi connectivity index (χ0) is 39.8. The second kappa shape index (κ2) is 15.1. The number of benzene rings is 10. The van der Waals surface area contributed by atoms with Crippen molar-refractivity contribution in [3.05, 3.63) is 237 Å². The number of anilines is 3. The van der Waals surface area contributed by atoms with Crippen LogP contribution >= 0.6 is 0 Å². The zero-order valence-corrected chi connectivity index (χ0v) is 32.9. The fourth-order valence-corrected chi connectivity index (χ4v) is 8.83. The Kier molecular flexibility index (Phi) is 8.87. The summed E-state index contributed by atoms with van der Waals surface area (Å²) in [6, 6.07) is 84.8. The third-order valence-corrected chi connectivity index (χ3v) is 11.7. The molecule has 0 unspecified atom stereocenters. The average molecular weight is 766 g/mol. The highest BCUT2D eigenvalue weighted by Gasteiger charge is 2.18. The molecule has 0 aliphatic rings. The summed E-state index contributed by atoms with van der Waals surface area (Å²) in [4.78, 5) is 2.35. The van der Waals surface area contributed by atoms with Crippen LogP contribution in [0.4, 0.5) is 17.1 Å². The first-order valence-corrected chi connectivity index (χ1v) is 20.5. The van der Waals surface area contributed by atoms with E-state index in [-0.39, 0.29) is 0 Å². The lowest BCUT2D eigenvalue weighted by Gasteiger charge is -2.26. The smallest absolute Gasteiger partial charge is 0.143 e. The Labute approximate surface area is 349 Å². The lowest BCUT2D eigenvalue weighted by Crippen LogP contribution is -2.09. The van der Waals surface area contributed by atoms with Crippen molar-refractivity contribution < 1.29 is 4.42 Å². The van der Waals surface area contributed by atoms with Crippen LogP contribution in [0.5, 0.6) is 0 Å². The van der Waals surface area contributed by atoms with Crippen molar-refractivity contribution in [1.82, 2.24) is 0 Å². The summed E-state index contributed by atoms with van der Waals surface area (Å²) >= 11 is 0. The first kappa shape index (κ1) is 35.2. The van der Waals surface area contributed by atoms with Gasteiger partial charge in [0.15, 0.2) is 0 Å². The summed E-state index contributed by atoms with van der Waals surface area (Å²) in [5.74, 6) is 0. The fraction of sp³-hybridized carbons (Fsp3) is 0. The molecule has 0 radical (unpaired) electrons. The number of hydrogen-bond donors (Lipinski definition) is 0. The van der Waals surface area contributed by atoms with E-state index in [1.54, 1.807) is 0 Å². The van der Waals surface area contributed by atoms with E-state index in [9.17, 15) is 0 Å². The molecule has 0 bridgehead atoms. The van der Waals surface area contributed by atoms with Crippen molar-refractivity contribution in [3.63, 3.8) is 0 Å². The van der Waals surface area contributed by atoms with Gasteiger partial charge in [0.2, 0.25) is 0 Å². The third kappa shape index (κ3) is 6.32. The molecule has 0 aliphatic carbocycles. The number of furan rings is 1. The Balaban J connectivity index is 0.989. The molecule has 11 aromatic rings. The van der Waals surface area contributed by atoms with Crippen LogP contribution in [0.1, 0.15) is 0 Å². The van der Waals surface area contributed by atoms with Gasteiger partial charge >= 0.3 is 0 Å². The summed E-state index contributed by atoms with van der Waals surface area (Å²) in [7, 11) is 0. The summed E-state index contributed by atoms with van der Waals surface area (Å²) < 4.78 is 6.42. The van der Waals surface area contributed by atoms with Gasteiger partial charge in [0.25, 0.3) is 0 Å². The van der Waals surface area contributed by atoms with Crippen molar-refractivity contribution in [3.8, 4) is 55.6 Å². The second-order valence-electron chi connectivity index (χ2n) is 15.2. The van der Waals surface area contributed by atoms with Gasteiger partial charge in [-0.3, -0.25) is 0 Å². The minimum Gasteiger partial charge on any atom is -0.455 e. The maximum atomic E-state index is 6.42. The number of fused-ring (bicyclic) bond motifs is 4. The van der Waals surface area contributed by atoms with Crippen molar-refractivity contribution in [1.29, 1.82) is 0 Å². The van der Waals surface area contributed by atoms with Crippen molar-refractivity contribution in [2.75, 3.05) is 4.90 Å². The SMILES string of the molecule is c1ccc(-c2ccccc2-c2ccccc2-c2ccccc2-c2ccc(N(c3ccc(-c4cccc5c4oc4ccccc45)cc3)c3ccc4ccccc4c3)cc2)cc1. The van der Waals surface area contributed by atoms with Crippen LogP contribution in [0.15, 0.2) is 241 Å². The van der Waals surface area contributed by atoms with Crippen LogP contribution in [0.25, 0.3) is 88.3 Å². The first-order valence-electron chi connectivity index (χ1n) is 20.5. The highest BCUT2D eigenvalue weighted by atomic mass is 16.3. The van der Waals surface area contributed by atoms with Gasteiger partial charge in [-0.2, -0.15) is 0 Å². The molecule has 0 spiro atoms. The van der Waals surface area contributed by atoms with Gasteiger partial charge in [-0.1, -0.05) is 194 Å². The van der Waals surface area contributed by atoms with Crippen LogP contribution in [0.2, 0.25) is 0 Å². The van der Waals surface area contributed by atoms with Gasteiger partial charge in [-0.15, -0.1) is 0 Å². The summed E-state index contributed by atoms with van der Waals surface area (Å²) in [5, 5.41) is 4.68. The van der Waals surface area contributed by atoms with E-state index in [2.05, 4.69) is 229 Å². The maximum Gasteiger partial charge on any atom is 0.143 e. The number of rotatable bonds is 8. The molecule has 2 heteroatoms. The predicted octanol–water partition coefficient (Wildman–Crippen LogP) is 16.5. The minimum absolute atomic E-state index is 0.905.